The van der Waals surface area contributed by atoms with Crippen LogP contribution >= 0.6 is 0 Å². The molecule has 2 rings (SSSR count). The number of benzene rings is 2. The van der Waals surface area contributed by atoms with E-state index in [4.69, 9.17) is 9.47 Å². The predicted octanol–water partition coefficient (Wildman–Crippen LogP) is 4.29. The van der Waals surface area contributed by atoms with Gasteiger partial charge in [-0.2, -0.15) is 0 Å². The van der Waals surface area contributed by atoms with Gasteiger partial charge in [0.2, 0.25) is 6.20 Å². The van der Waals surface area contributed by atoms with Crippen molar-refractivity contribution in [2.24, 2.45) is 0 Å². The summed E-state index contributed by atoms with van der Waals surface area (Å²) >= 11 is 0. The third-order valence-corrected chi connectivity index (χ3v) is 3.59. The van der Waals surface area contributed by atoms with E-state index in [9.17, 15) is 14.9 Å². The van der Waals surface area contributed by atoms with Crippen LogP contribution in [0.5, 0.6) is 11.5 Å². The second-order valence-electron chi connectivity index (χ2n) is 5.68. The fourth-order valence-corrected chi connectivity index (χ4v) is 2.18. The number of methoxy groups -OCH3 is 1. The highest BCUT2D eigenvalue weighted by Crippen LogP contribution is 2.29. The van der Waals surface area contributed by atoms with Gasteiger partial charge in [0.1, 0.15) is 0 Å². The highest BCUT2D eigenvalue weighted by molar-refractivity contribution is 5.91. The van der Waals surface area contributed by atoms with Gasteiger partial charge in [-0.1, -0.05) is 32.0 Å². The third kappa shape index (κ3) is 4.91. The molecule has 2 aromatic carbocycles. The lowest BCUT2D eigenvalue weighted by atomic mass is 10.0. The molecule has 6 heteroatoms. The minimum absolute atomic E-state index is 0.249. The Balaban J connectivity index is 2.18. The highest BCUT2D eigenvalue weighted by atomic mass is 16.6. The van der Waals surface area contributed by atoms with Gasteiger partial charge in [0, 0.05) is 6.08 Å². The van der Waals surface area contributed by atoms with Crippen molar-refractivity contribution in [3.63, 3.8) is 0 Å². The molecule has 0 aromatic heterocycles. The highest BCUT2D eigenvalue weighted by Gasteiger charge is 2.13. The first-order chi connectivity index (χ1) is 11.9. The lowest BCUT2D eigenvalue weighted by Crippen LogP contribution is -2.09. The van der Waals surface area contributed by atoms with Crippen LogP contribution in [-0.2, 0) is 0 Å². The lowest BCUT2D eigenvalue weighted by Gasteiger charge is -2.10. The Morgan fingerprint density at radius 2 is 1.80 bits per heavy atom. The first kappa shape index (κ1) is 18.2. The van der Waals surface area contributed by atoms with Crippen LogP contribution in [0.4, 0.5) is 0 Å². The molecule has 0 fully saturated rings. The van der Waals surface area contributed by atoms with Crippen LogP contribution in [0.25, 0.3) is 6.08 Å². The van der Waals surface area contributed by atoms with E-state index in [2.05, 4.69) is 13.8 Å². The van der Waals surface area contributed by atoms with E-state index in [-0.39, 0.29) is 5.75 Å². The van der Waals surface area contributed by atoms with E-state index >= 15 is 0 Å². The van der Waals surface area contributed by atoms with Gasteiger partial charge in [-0.25, -0.2) is 4.79 Å². The number of ether oxygens (including phenoxy) is 2. The summed E-state index contributed by atoms with van der Waals surface area (Å²) < 4.78 is 10.6. The molecule has 0 radical (unpaired) electrons. The summed E-state index contributed by atoms with van der Waals surface area (Å²) in [4.78, 5) is 22.1. The Hall–Kier alpha value is -3.15. The van der Waals surface area contributed by atoms with Crippen LogP contribution in [0.2, 0.25) is 0 Å². The molecule has 0 N–H and O–H groups in total. The number of hydrogen-bond donors (Lipinski definition) is 0. The van der Waals surface area contributed by atoms with E-state index < -0.39 is 10.9 Å². The number of nitro groups is 1. The molecule has 0 heterocycles. The molecule has 0 spiro atoms. The van der Waals surface area contributed by atoms with Crippen LogP contribution in [0.3, 0.4) is 0 Å². The summed E-state index contributed by atoms with van der Waals surface area (Å²) in [6.07, 6.45) is 2.16. The molecule has 0 atom stereocenters. The maximum absolute atomic E-state index is 12.3. The van der Waals surface area contributed by atoms with Crippen molar-refractivity contribution in [2.45, 2.75) is 19.8 Å². The molecule has 0 unspecified atom stereocenters. The Morgan fingerprint density at radius 1 is 1.12 bits per heavy atom. The Labute approximate surface area is 145 Å². The fraction of sp³-hybridized carbons (Fsp3) is 0.211. The first-order valence-electron chi connectivity index (χ1n) is 7.72. The van der Waals surface area contributed by atoms with Crippen molar-refractivity contribution in [1.82, 2.24) is 0 Å². The quantitative estimate of drug-likeness (QED) is 0.339. The summed E-state index contributed by atoms with van der Waals surface area (Å²) in [5, 5.41) is 10.4. The number of rotatable bonds is 6. The molecule has 2 aromatic rings. The van der Waals surface area contributed by atoms with Gasteiger partial charge >= 0.3 is 5.97 Å². The van der Waals surface area contributed by atoms with Crippen molar-refractivity contribution in [3.8, 4) is 11.5 Å². The Kier molecular flexibility index (Phi) is 5.89. The largest absolute Gasteiger partial charge is 0.493 e. The Bertz CT molecular complexity index is 794. The van der Waals surface area contributed by atoms with Crippen molar-refractivity contribution < 1.29 is 19.2 Å². The molecule has 0 aliphatic rings. The summed E-state index contributed by atoms with van der Waals surface area (Å²) in [6, 6.07) is 11.9. The maximum atomic E-state index is 12.3. The van der Waals surface area contributed by atoms with Gasteiger partial charge in [0.05, 0.1) is 17.6 Å². The average Bonchev–Trinajstić information content (AvgIpc) is 2.60. The van der Waals surface area contributed by atoms with Crippen LogP contribution in [0, 0.1) is 10.1 Å². The standard InChI is InChI=1S/C19H19NO5/c1-13(2)15-5-7-16(8-6-15)19(21)25-17-9-4-14(10-11-20(22)23)12-18(17)24-3/h4-13H,1-3H3/b11-10+. The Morgan fingerprint density at radius 3 is 2.36 bits per heavy atom. The zero-order chi connectivity index (χ0) is 18.4. The third-order valence-electron chi connectivity index (χ3n) is 3.59. The van der Waals surface area contributed by atoms with Gasteiger partial charge in [0.15, 0.2) is 11.5 Å². The lowest BCUT2D eigenvalue weighted by molar-refractivity contribution is -0.400. The number of hydrogen-bond acceptors (Lipinski definition) is 5. The van der Waals surface area contributed by atoms with E-state index in [1.807, 2.05) is 12.1 Å². The second kappa shape index (κ2) is 8.10. The van der Waals surface area contributed by atoms with Crippen molar-refractivity contribution in [3.05, 3.63) is 75.5 Å². The van der Waals surface area contributed by atoms with Crippen LogP contribution in [0.1, 0.15) is 41.3 Å². The summed E-state index contributed by atoms with van der Waals surface area (Å²) in [5.41, 5.74) is 2.13. The minimum atomic E-state index is -0.554. The van der Waals surface area contributed by atoms with Crippen LogP contribution < -0.4 is 9.47 Å². The molecule has 0 saturated carbocycles. The molecule has 6 nitrogen and oxygen atoms in total. The van der Waals surface area contributed by atoms with E-state index in [1.165, 1.54) is 13.2 Å². The van der Waals surface area contributed by atoms with E-state index in [1.54, 1.807) is 30.3 Å². The summed E-state index contributed by atoms with van der Waals surface area (Å²) in [6.45, 7) is 4.15. The molecule has 0 aliphatic carbocycles. The zero-order valence-electron chi connectivity index (χ0n) is 14.3. The van der Waals surface area contributed by atoms with Gasteiger partial charge in [-0.3, -0.25) is 10.1 Å². The van der Waals surface area contributed by atoms with Gasteiger partial charge < -0.3 is 9.47 Å². The predicted molar refractivity (Wildman–Crippen MR) is 94.5 cm³/mol. The molecule has 130 valence electrons. The molecule has 25 heavy (non-hydrogen) atoms. The van der Waals surface area contributed by atoms with Gasteiger partial charge in [-0.15, -0.1) is 0 Å². The first-order valence-corrected chi connectivity index (χ1v) is 7.72. The minimum Gasteiger partial charge on any atom is -0.493 e. The molecular weight excluding hydrogens is 322 g/mol. The molecule has 0 bridgehead atoms. The number of nitrogens with zero attached hydrogens (tertiary/aromatic N) is 1. The van der Waals surface area contributed by atoms with E-state index in [0.29, 0.717) is 22.8 Å². The number of esters is 1. The second-order valence-corrected chi connectivity index (χ2v) is 5.68. The van der Waals surface area contributed by atoms with Crippen molar-refractivity contribution in [2.75, 3.05) is 7.11 Å². The normalized spacial score (nSPS) is 10.9. The zero-order valence-corrected chi connectivity index (χ0v) is 14.3. The SMILES string of the molecule is COc1cc(/C=C/[N+](=O)[O-])ccc1OC(=O)c1ccc(C(C)C)cc1. The average molecular weight is 341 g/mol. The number of carbonyl (C=O) groups excluding carboxylic acids is 1. The molecule has 0 amide bonds. The monoisotopic (exact) mass is 341 g/mol. The molecule has 0 aliphatic heterocycles. The van der Waals surface area contributed by atoms with Crippen LogP contribution in [0.15, 0.2) is 48.7 Å². The fourth-order valence-electron chi connectivity index (χ4n) is 2.18. The van der Waals surface area contributed by atoms with E-state index in [0.717, 1.165) is 11.8 Å². The number of carbonyl (C=O) groups is 1. The topological polar surface area (TPSA) is 78.7 Å². The summed E-state index contributed by atoms with van der Waals surface area (Å²) in [7, 11) is 1.44. The van der Waals surface area contributed by atoms with Crippen LogP contribution in [-0.4, -0.2) is 18.0 Å². The summed E-state index contributed by atoms with van der Waals surface area (Å²) in [5.74, 6) is 0.448. The molecular formula is C19H19NO5. The van der Waals surface area contributed by atoms with Crippen molar-refractivity contribution in [1.29, 1.82) is 0 Å². The maximum Gasteiger partial charge on any atom is 0.343 e. The van der Waals surface area contributed by atoms with Crippen molar-refractivity contribution >= 4 is 12.0 Å². The smallest absolute Gasteiger partial charge is 0.343 e. The van der Waals surface area contributed by atoms with Gasteiger partial charge in [0.25, 0.3) is 0 Å². The molecule has 0 saturated heterocycles. The van der Waals surface area contributed by atoms with Gasteiger partial charge in [-0.05, 0) is 41.3 Å².